The number of benzene rings is 8. The van der Waals surface area contributed by atoms with Gasteiger partial charge in [0.25, 0.3) is 0 Å². The molecule has 4 aliphatic heterocycles. The van der Waals surface area contributed by atoms with E-state index in [1.165, 1.54) is 55.6 Å². The zero-order valence-corrected chi connectivity index (χ0v) is 45.4. The van der Waals surface area contributed by atoms with Gasteiger partial charge in [0.05, 0.1) is 12.4 Å². The summed E-state index contributed by atoms with van der Waals surface area (Å²) in [4.78, 5) is 11.0. The van der Waals surface area contributed by atoms with Crippen LogP contribution in [0.15, 0.2) is 210 Å². The average Bonchev–Trinajstić information content (AvgIpc) is 4.22. The Morgan fingerprint density at radius 2 is 0.803 bits per heavy atom. The Kier molecular flexibility index (Phi) is 11.8. The summed E-state index contributed by atoms with van der Waals surface area (Å²) in [5, 5.41) is 13.2. The number of fused-ring (bicyclic) bond motifs is 8. The molecule has 342 valence electrons. The van der Waals surface area contributed by atoms with E-state index in [0.29, 0.717) is 0 Å². The number of nitrogens with zero attached hydrogens (tertiary/aromatic N) is 4. The van der Waals surface area contributed by atoms with Crippen LogP contribution in [0.4, 0.5) is 0 Å². The van der Waals surface area contributed by atoms with E-state index < -0.39 is 0 Å². The maximum absolute atomic E-state index is 4.80. The van der Waals surface area contributed by atoms with Crippen LogP contribution in [0.2, 0.25) is 0 Å². The molecule has 4 nitrogen and oxygen atoms in total. The first-order valence-corrected chi connectivity index (χ1v) is 26.6. The quantitative estimate of drug-likeness (QED) is 0.122. The molecule has 7 heterocycles. The summed E-state index contributed by atoms with van der Waals surface area (Å²) in [6.45, 7) is -0.0540. The topological polar surface area (TPSA) is 35.6 Å². The third-order valence-corrected chi connectivity index (χ3v) is 18.7. The van der Waals surface area contributed by atoms with Gasteiger partial charge in [0.15, 0.2) is 0 Å². The van der Waals surface area contributed by atoms with E-state index >= 15 is 0 Å². The van der Waals surface area contributed by atoms with Crippen LogP contribution >= 0.6 is 58.4 Å². The Labute approximate surface area is 462 Å². The summed E-state index contributed by atoms with van der Waals surface area (Å²) in [6.07, 6.45) is 8.06. The van der Waals surface area contributed by atoms with E-state index in [1.54, 1.807) is 11.3 Å². The zero-order chi connectivity index (χ0) is 45.2. The van der Waals surface area contributed by atoms with Crippen LogP contribution in [-0.2, 0) is 42.1 Å². The van der Waals surface area contributed by atoms with Crippen molar-refractivity contribution in [3.63, 3.8) is 0 Å². The van der Waals surface area contributed by atoms with Crippen LogP contribution in [0.1, 0.15) is 0 Å². The van der Waals surface area contributed by atoms with Crippen LogP contribution in [0.5, 0.6) is 0 Å². The summed E-state index contributed by atoms with van der Waals surface area (Å²) in [5.74, 6) is 0. The Bertz CT molecular complexity index is 3630. The van der Waals surface area contributed by atoms with E-state index in [1.807, 2.05) is 80.9 Å². The largest absolute Gasteiger partial charge is 0.366 e. The van der Waals surface area contributed by atoms with Crippen LogP contribution in [0, 0.1) is 35.7 Å². The predicted octanol–water partition coefficient (Wildman–Crippen LogP) is 10.5. The molecule has 0 unspecified atom stereocenters. The van der Waals surface area contributed by atoms with Crippen molar-refractivity contribution < 1.29 is 42.1 Å². The number of thiophene rings is 1. The molecule has 0 aliphatic carbocycles. The molecule has 0 saturated carbocycles. The summed E-state index contributed by atoms with van der Waals surface area (Å²) in [6, 6.07) is 71.3. The van der Waals surface area contributed by atoms with Crippen molar-refractivity contribution >= 4 is 105 Å². The van der Waals surface area contributed by atoms with Gasteiger partial charge in [-0.15, -0.1) is 75.2 Å². The molecular weight excluding hydrogens is 1320 g/mol. The Balaban J connectivity index is 0.00000246. The van der Waals surface area contributed by atoms with Gasteiger partial charge in [0.2, 0.25) is 13.4 Å². The smallest absolute Gasteiger partial charge is 0.202 e. The molecule has 11 aromatic rings. The van der Waals surface area contributed by atoms with Crippen molar-refractivity contribution in [2.75, 3.05) is 0 Å². The standard InChI is InChI=1S/C58H28B2N4S5.2Pt/c1-3-9-35(10-4-1)40-30-61-63(32-40)42-19-23-50-46(28-42)59-44-25-37(17-21-48(44)66-52-13-7-15-54(68-50)57(52)59)39-27-56(65-34-39)38-18-22-49-45(26-38)60-47-29-43(64-33-41(31-62-64)36-11-5-2-6-12-36)20-24-51(47)69-55-16-8-14-53(67-49)58(55)60;;/h1-24,30-33H;;/q-6;;. The van der Waals surface area contributed by atoms with Crippen molar-refractivity contribution in [3.05, 3.63) is 206 Å². The van der Waals surface area contributed by atoms with Gasteiger partial charge in [-0.3, -0.25) is 14.7 Å². The summed E-state index contributed by atoms with van der Waals surface area (Å²) in [5.41, 5.74) is 16.5. The third-order valence-electron chi connectivity index (χ3n) is 13.3. The second kappa shape index (κ2) is 18.4. The molecule has 0 fully saturated rings. The van der Waals surface area contributed by atoms with Crippen molar-refractivity contribution in [3.8, 4) is 55.2 Å². The predicted molar refractivity (Wildman–Crippen MR) is 285 cm³/mol. The normalized spacial score (nSPS) is 13.1. The minimum Gasteiger partial charge on any atom is -0.366 e. The summed E-state index contributed by atoms with van der Waals surface area (Å²) < 4.78 is 3.89. The number of aromatic nitrogens is 4. The average molecular weight is 1350 g/mol. The van der Waals surface area contributed by atoms with Crippen LogP contribution in [0.25, 0.3) is 55.2 Å². The molecule has 15 rings (SSSR count). The Morgan fingerprint density at radius 3 is 1.28 bits per heavy atom. The zero-order valence-electron chi connectivity index (χ0n) is 36.8. The maximum atomic E-state index is 4.80. The summed E-state index contributed by atoms with van der Waals surface area (Å²) in [7, 11) is 0. The molecule has 8 aromatic carbocycles. The van der Waals surface area contributed by atoms with E-state index in [4.69, 9.17) is 10.2 Å². The van der Waals surface area contributed by atoms with Crippen molar-refractivity contribution in [2.24, 2.45) is 0 Å². The van der Waals surface area contributed by atoms with Crippen molar-refractivity contribution in [1.82, 2.24) is 19.6 Å². The maximum Gasteiger partial charge on any atom is 0.202 e. The fraction of sp³-hybridized carbons (Fsp3) is 0. The SMILES string of the molecule is [Pt].[Pt].[c-]1sc(-c2[c-]c3c(cc2)Sc2cccc4c2B3c2[c-]c(-n3cc(-c5ccccc5)cn3)ccc2S4)[c-]c1-c1[c-]c2c(cc1)Sc1cccc3c1B2c1[c-]c(-n2cc(-c4ccccc4)cn2)ccc1S3. The monoisotopic (exact) mass is 1350 g/mol. The van der Waals surface area contributed by atoms with Gasteiger partial charge in [-0.1, -0.05) is 82.6 Å². The van der Waals surface area contributed by atoms with Crippen LogP contribution in [0.3, 0.4) is 0 Å². The number of hydrogen-bond acceptors (Lipinski definition) is 7. The fourth-order valence-corrected chi connectivity index (χ4v) is 15.4. The molecule has 0 N–H and O–H groups in total. The first-order chi connectivity index (χ1) is 34.1. The Morgan fingerprint density at radius 1 is 0.380 bits per heavy atom. The minimum absolute atomic E-state index is 0. The van der Waals surface area contributed by atoms with Crippen LogP contribution in [-0.4, -0.2) is 33.0 Å². The minimum atomic E-state index is -0.0295. The summed E-state index contributed by atoms with van der Waals surface area (Å²) >= 11 is 8.92. The van der Waals surface area contributed by atoms with Gasteiger partial charge >= 0.3 is 0 Å². The Hall–Kier alpha value is -5.21. The van der Waals surface area contributed by atoms with Crippen LogP contribution < -0.4 is 32.8 Å². The molecule has 13 heteroatoms. The second-order valence-electron chi connectivity index (χ2n) is 17.3. The van der Waals surface area contributed by atoms with E-state index in [2.05, 4.69) is 182 Å². The third kappa shape index (κ3) is 7.73. The molecule has 0 amide bonds. The molecule has 0 atom stereocenters. The molecular formula is C58H28B2N4Pt2S5-6. The van der Waals surface area contributed by atoms with E-state index in [-0.39, 0.29) is 55.6 Å². The molecule has 0 saturated heterocycles. The molecule has 0 radical (unpaired) electrons. The second-order valence-corrected chi connectivity index (χ2v) is 22.4. The van der Waals surface area contributed by atoms with Crippen molar-refractivity contribution in [2.45, 2.75) is 39.2 Å². The van der Waals surface area contributed by atoms with Gasteiger partial charge in [0.1, 0.15) is 0 Å². The van der Waals surface area contributed by atoms with Gasteiger partial charge in [0, 0.05) is 65.7 Å². The molecule has 4 aliphatic rings. The van der Waals surface area contributed by atoms with Gasteiger partial charge in [-0.05, 0) is 77.3 Å². The number of rotatable bonds is 6. The number of hydrogen-bond donors (Lipinski definition) is 0. The first kappa shape index (κ1) is 45.6. The molecule has 71 heavy (non-hydrogen) atoms. The molecule has 3 aromatic heterocycles. The van der Waals surface area contributed by atoms with E-state index in [9.17, 15) is 0 Å². The van der Waals surface area contributed by atoms with Gasteiger partial charge in [-0.25, -0.2) is 12.1 Å². The van der Waals surface area contributed by atoms with Gasteiger partial charge in [-0.2, -0.15) is 84.8 Å². The molecule has 0 spiro atoms. The van der Waals surface area contributed by atoms with E-state index in [0.717, 1.165) is 71.6 Å². The van der Waals surface area contributed by atoms with Gasteiger partial charge < -0.3 is 28.5 Å². The molecule has 0 bridgehead atoms. The fourth-order valence-electron chi connectivity index (χ4n) is 10.0. The first-order valence-electron chi connectivity index (χ1n) is 22.5. The van der Waals surface area contributed by atoms with Crippen molar-refractivity contribution in [1.29, 1.82) is 0 Å².